The molecule has 11 heteroatoms. The summed E-state index contributed by atoms with van der Waals surface area (Å²) in [6.07, 6.45) is 1.74. The van der Waals surface area contributed by atoms with Gasteiger partial charge in [0.1, 0.15) is 5.02 Å². The van der Waals surface area contributed by atoms with Gasteiger partial charge in [0.2, 0.25) is 0 Å². The summed E-state index contributed by atoms with van der Waals surface area (Å²) < 4.78 is 5.16. The number of amides is 2. The standard InChI is InChI=1S/C27H28ClN3O6S/c1-16-5-2-3-8-20(16)30-27(36)31-11-9-17(10-12-31)14-29-19-7-4-6-18(13-19)24-22(28)23(37-15-21(32)33)25(38-24)26(34)35/h2-8,13,17,29H,9-12,14-15H2,1H3,(H,30,36)(H,32,33)(H,34,35). The zero-order chi connectivity index (χ0) is 27.2. The lowest BCUT2D eigenvalue weighted by Crippen LogP contribution is -2.42. The molecule has 2 amide bonds. The molecule has 1 aliphatic rings. The van der Waals surface area contributed by atoms with Gasteiger partial charge in [0, 0.05) is 31.0 Å². The van der Waals surface area contributed by atoms with Crippen LogP contribution < -0.4 is 15.4 Å². The van der Waals surface area contributed by atoms with Crippen LogP contribution in [0, 0.1) is 12.8 Å². The highest BCUT2D eigenvalue weighted by Crippen LogP contribution is 2.45. The predicted octanol–water partition coefficient (Wildman–Crippen LogP) is 5.89. The molecule has 9 nitrogen and oxygen atoms in total. The number of rotatable bonds is 9. The number of ether oxygens (including phenoxy) is 1. The highest BCUT2D eigenvalue weighted by atomic mass is 35.5. The molecule has 4 N–H and O–H groups in total. The van der Waals surface area contributed by atoms with E-state index in [0.717, 1.165) is 47.7 Å². The molecule has 1 fully saturated rings. The number of nitrogens with zero attached hydrogens (tertiary/aromatic N) is 1. The lowest BCUT2D eigenvalue weighted by molar-refractivity contribution is -0.139. The van der Waals surface area contributed by atoms with Gasteiger partial charge in [-0.3, -0.25) is 0 Å². The van der Waals surface area contributed by atoms with E-state index in [4.69, 9.17) is 21.4 Å². The van der Waals surface area contributed by atoms with Crippen molar-refractivity contribution in [1.82, 2.24) is 4.90 Å². The molecule has 0 aliphatic carbocycles. The zero-order valence-electron chi connectivity index (χ0n) is 20.7. The molecule has 2 heterocycles. The van der Waals surface area contributed by atoms with Crippen molar-refractivity contribution in [3.05, 3.63) is 64.0 Å². The second-order valence-electron chi connectivity index (χ2n) is 9.03. The van der Waals surface area contributed by atoms with Crippen molar-refractivity contribution in [1.29, 1.82) is 0 Å². The molecule has 0 atom stereocenters. The van der Waals surface area contributed by atoms with Crippen LogP contribution in [0.3, 0.4) is 0 Å². The number of carboxylic acids is 2. The highest BCUT2D eigenvalue weighted by Gasteiger charge is 2.25. The molecule has 1 aliphatic heterocycles. The molecule has 3 aromatic rings. The molecule has 38 heavy (non-hydrogen) atoms. The number of piperidine rings is 1. The topological polar surface area (TPSA) is 128 Å². The van der Waals surface area contributed by atoms with Crippen molar-refractivity contribution in [2.24, 2.45) is 5.92 Å². The summed E-state index contributed by atoms with van der Waals surface area (Å²) in [5.41, 5.74) is 3.38. The molecule has 0 bridgehead atoms. The van der Waals surface area contributed by atoms with Gasteiger partial charge in [-0.1, -0.05) is 41.9 Å². The van der Waals surface area contributed by atoms with Crippen molar-refractivity contribution in [3.63, 3.8) is 0 Å². The van der Waals surface area contributed by atoms with Crippen LogP contribution in [0.25, 0.3) is 10.4 Å². The molecule has 1 aromatic heterocycles. The number of halogens is 1. The molecule has 200 valence electrons. The molecule has 0 spiro atoms. The Labute approximate surface area is 229 Å². The number of urea groups is 1. The Kier molecular flexibility index (Phi) is 8.75. The molecule has 2 aromatic carbocycles. The van der Waals surface area contributed by atoms with E-state index in [-0.39, 0.29) is 21.7 Å². The van der Waals surface area contributed by atoms with Crippen LogP contribution >= 0.6 is 22.9 Å². The van der Waals surface area contributed by atoms with E-state index in [9.17, 15) is 19.5 Å². The molecule has 1 saturated heterocycles. The fraction of sp³-hybridized carbons (Fsp3) is 0.296. The van der Waals surface area contributed by atoms with Crippen LogP contribution in [-0.4, -0.2) is 59.3 Å². The van der Waals surface area contributed by atoms with Crippen LogP contribution in [0.5, 0.6) is 5.75 Å². The maximum atomic E-state index is 12.7. The average molecular weight is 558 g/mol. The number of carbonyl (C=O) groups is 3. The number of thiophene rings is 1. The third-order valence-corrected chi connectivity index (χ3v) is 8.03. The van der Waals surface area contributed by atoms with Gasteiger partial charge in [0.05, 0.1) is 4.88 Å². The second-order valence-corrected chi connectivity index (χ2v) is 10.4. The number of hydrogen-bond donors (Lipinski definition) is 4. The minimum absolute atomic E-state index is 0.0714. The number of likely N-dealkylation sites (tertiary alicyclic amines) is 1. The monoisotopic (exact) mass is 557 g/mol. The Balaban J connectivity index is 1.35. The van der Waals surface area contributed by atoms with E-state index in [2.05, 4.69) is 10.6 Å². The summed E-state index contributed by atoms with van der Waals surface area (Å²) in [6.45, 7) is 3.34. The molecular weight excluding hydrogens is 530 g/mol. The molecule has 0 saturated carbocycles. The second kappa shape index (κ2) is 12.2. The van der Waals surface area contributed by atoms with Crippen LogP contribution in [0.4, 0.5) is 16.2 Å². The van der Waals surface area contributed by atoms with Gasteiger partial charge >= 0.3 is 18.0 Å². The van der Waals surface area contributed by atoms with Crippen molar-refractivity contribution < 1.29 is 29.3 Å². The number of aryl methyl sites for hydroxylation is 1. The number of hydrogen-bond acceptors (Lipinski definition) is 6. The quantitative estimate of drug-likeness (QED) is 0.258. The number of anilines is 2. The summed E-state index contributed by atoms with van der Waals surface area (Å²) in [6, 6.07) is 15.0. The number of nitrogens with one attached hydrogen (secondary N) is 2. The summed E-state index contributed by atoms with van der Waals surface area (Å²) in [5, 5.41) is 24.9. The maximum absolute atomic E-state index is 12.7. The number of carboxylic acid groups (broad SMARTS) is 2. The van der Waals surface area contributed by atoms with Crippen LogP contribution in [0.15, 0.2) is 48.5 Å². The van der Waals surface area contributed by atoms with E-state index in [1.807, 2.05) is 54.3 Å². The lowest BCUT2D eigenvalue weighted by atomic mass is 9.97. The Morgan fingerprint density at radius 3 is 2.53 bits per heavy atom. The van der Waals surface area contributed by atoms with Gasteiger partial charge in [-0.25, -0.2) is 14.4 Å². The van der Waals surface area contributed by atoms with E-state index >= 15 is 0 Å². The summed E-state index contributed by atoms with van der Waals surface area (Å²) >= 11 is 7.35. The van der Waals surface area contributed by atoms with Crippen molar-refractivity contribution >= 4 is 52.3 Å². The summed E-state index contributed by atoms with van der Waals surface area (Å²) in [5.74, 6) is -2.22. The fourth-order valence-electron chi connectivity index (χ4n) is 4.27. The molecule has 0 unspecified atom stereocenters. The summed E-state index contributed by atoms with van der Waals surface area (Å²) in [4.78, 5) is 37.4. The van der Waals surface area contributed by atoms with Gasteiger partial charge in [0.25, 0.3) is 0 Å². The summed E-state index contributed by atoms with van der Waals surface area (Å²) in [7, 11) is 0. The first-order valence-corrected chi connectivity index (χ1v) is 13.3. The first kappa shape index (κ1) is 27.3. The van der Waals surface area contributed by atoms with Gasteiger partial charge in [-0.2, -0.15) is 0 Å². The number of aromatic carboxylic acids is 1. The van der Waals surface area contributed by atoms with Crippen LogP contribution in [0.1, 0.15) is 28.1 Å². The fourth-order valence-corrected chi connectivity index (χ4v) is 5.67. The maximum Gasteiger partial charge on any atom is 0.349 e. The first-order chi connectivity index (χ1) is 18.2. The lowest BCUT2D eigenvalue weighted by Gasteiger charge is -2.32. The van der Waals surface area contributed by atoms with Gasteiger partial charge < -0.3 is 30.5 Å². The van der Waals surface area contributed by atoms with Crippen molar-refractivity contribution in [2.45, 2.75) is 19.8 Å². The van der Waals surface area contributed by atoms with E-state index in [0.29, 0.717) is 29.4 Å². The number of benzene rings is 2. The van der Waals surface area contributed by atoms with Crippen LogP contribution in [-0.2, 0) is 4.79 Å². The number of aliphatic carboxylic acids is 1. The first-order valence-electron chi connectivity index (χ1n) is 12.1. The van der Waals surface area contributed by atoms with Gasteiger partial charge in [-0.15, -0.1) is 11.3 Å². The number of para-hydroxylation sites is 1. The molecule has 4 rings (SSSR count). The van der Waals surface area contributed by atoms with Crippen LogP contribution in [0.2, 0.25) is 5.02 Å². The van der Waals surface area contributed by atoms with E-state index < -0.39 is 18.5 Å². The Bertz CT molecular complexity index is 1340. The largest absolute Gasteiger partial charge is 0.479 e. The molecule has 0 radical (unpaired) electrons. The average Bonchev–Trinajstić information content (AvgIpc) is 3.24. The third kappa shape index (κ3) is 6.56. The SMILES string of the molecule is Cc1ccccc1NC(=O)N1CCC(CNc2cccc(-c3sc(C(=O)O)c(OCC(=O)O)c3Cl)c2)CC1. The Morgan fingerprint density at radius 2 is 1.84 bits per heavy atom. The van der Waals surface area contributed by atoms with Gasteiger partial charge in [-0.05, 0) is 55.0 Å². The minimum Gasteiger partial charge on any atom is -0.479 e. The van der Waals surface area contributed by atoms with E-state index in [1.165, 1.54) is 0 Å². The highest BCUT2D eigenvalue weighted by molar-refractivity contribution is 7.18. The predicted molar refractivity (Wildman–Crippen MR) is 148 cm³/mol. The van der Waals surface area contributed by atoms with Crippen molar-refractivity contribution in [3.8, 4) is 16.2 Å². The number of carbonyl (C=O) groups excluding carboxylic acids is 1. The van der Waals surface area contributed by atoms with E-state index in [1.54, 1.807) is 6.07 Å². The Morgan fingerprint density at radius 1 is 1.11 bits per heavy atom. The minimum atomic E-state index is -1.24. The molecular formula is C27H28ClN3O6S. The third-order valence-electron chi connectivity index (χ3n) is 6.35. The zero-order valence-corrected chi connectivity index (χ0v) is 22.3. The Hall–Kier alpha value is -3.76. The van der Waals surface area contributed by atoms with Crippen molar-refractivity contribution in [2.75, 3.05) is 36.9 Å². The van der Waals surface area contributed by atoms with Gasteiger partial charge in [0.15, 0.2) is 17.2 Å². The normalized spacial score (nSPS) is 13.7. The smallest absolute Gasteiger partial charge is 0.349 e.